The summed E-state index contributed by atoms with van der Waals surface area (Å²) in [5.74, 6) is 3.03. The minimum Gasteiger partial charge on any atom is -0.388 e. The van der Waals surface area contributed by atoms with Gasteiger partial charge in [0.05, 0.1) is 12.0 Å². The zero-order chi connectivity index (χ0) is 16.9. The Hall–Kier alpha value is -0.890. The number of aliphatic hydroxyl groups is 1. The van der Waals surface area contributed by atoms with Gasteiger partial charge in [0.15, 0.2) is 0 Å². The van der Waals surface area contributed by atoms with Gasteiger partial charge >= 0.3 is 0 Å². The molecule has 4 aliphatic carbocycles. The fraction of sp³-hybridized carbons (Fsp3) is 0.773. The second-order valence-electron chi connectivity index (χ2n) is 8.75. The number of Topliss-reactive ketones (excluding diaryl/α,β-unsaturated/α-hetero) is 1. The highest BCUT2D eigenvalue weighted by Crippen LogP contribution is 2.85. The molecule has 1 N–H and O–H groups in total. The lowest BCUT2D eigenvalue weighted by Gasteiger charge is -2.34. The van der Waals surface area contributed by atoms with Crippen LogP contribution >= 0.6 is 0 Å². The van der Waals surface area contributed by atoms with E-state index in [2.05, 4.69) is 19.6 Å². The molecule has 3 unspecified atom stereocenters. The zero-order valence-corrected chi connectivity index (χ0v) is 15.0. The third kappa shape index (κ3) is 2.08. The first-order valence-corrected chi connectivity index (χ1v) is 10.2. The van der Waals surface area contributed by atoms with E-state index in [0.29, 0.717) is 17.6 Å². The SMILES string of the molecule is C=CCC1[C@@H]([C@@H](O)/C=C/CCCCC)C(=O)[C@H]2[C@H]3[C@@H]4CCC(C4)C132. The molecule has 0 saturated heterocycles. The first-order valence-electron chi connectivity index (χ1n) is 10.2. The van der Waals surface area contributed by atoms with Crippen LogP contribution in [-0.4, -0.2) is 17.0 Å². The average Bonchev–Trinajstić information content (AvgIpc) is 2.81. The van der Waals surface area contributed by atoms with Gasteiger partial charge in [-0.15, -0.1) is 6.58 Å². The molecule has 8 atom stereocenters. The summed E-state index contributed by atoms with van der Waals surface area (Å²) in [4.78, 5) is 13.1. The van der Waals surface area contributed by atoms with Crippen LogP contribution in [0.2, 0.25) is 0 Å². The van der Waals surface area contributed by atoms with Crippen molar-refractivity contribution in [1.82, 2.24) is 0 Å². The minimum absolute atomic E-state index is 0.175. The van der Waals surface area contributed by atoms with Gasteiger partial charge in [-0.3, -0.25) is 4.79 Å². The number of fused-ring (bicyclic) bond motifs is 4. The molecule has 0 aromatic carbocycles. The molecule has 1 spiro atoms. The van der Waals surface area contributed by atoms with E-state index in [1.165, 1.54) is 38.5 Å². The molecule has 0 aromatic rings. The highest BCUT2D eigenvalue weighted by molar-refractivity contribution is 5.93. The Balaban J connectivity index is 1.50. The number of allylic oxidation sites excluding steroid dienone is 2. The van der Waals surface area contributed by atoms with Gasteiger partial charge < -0.3 is 5.11 Å². The van der Waals surface area contributed by atoms with Crippen molar-refractivity contribution < 1.29 is 9.90 Å². The number of carbonyl (C=O) groups excluding carboxylic acids is 1. The molecule has 4 aliphatic rings. The topological polar surface area (TPSA) is 37.3 Å². The van der Waals surface area contributed by atoms with Crippen LogP contribution in [0.1, 0.15) is 58.3 Å². The molecular weight excluding hydrogens is 296 g/mol. The molecular formula is C22H32O2. The van der Waals surface area contributed by atoms with Crippen molar-refractivity contribution in [2.24, 2.45) is 40.9 Å². The van der Waals surface area contributed by atoms with Crippen molar-refractivity contribution in [2.45, 2.75) is 64.4 Å². The fourth-order valence-corrected chi connectivity index (χ4v) is 7.18. The zero-order valence-electron chi connectivity index (χ0n) is 15.0. The summed E-state index contributed by atoms with van der Waals surface area (Å²) in [6.07, 6.45) is 14.9. The Labute approximate surface area is 146 Å². The van der Waals surface area contributed by atoms with Gasteiger partial charge in [-0.25, -0.2) is 0 Å². The summed E-state index contributed by atoms with van der Waals surface area (Å²) in [5, 5.41) is 10.8. The predicted octanol–water partition coefficient (Wildman–Crippen LogP) is 4.54. The lowest BCUT2D eigenvalue weighted by atomic mass is 9.70. The Bertz CT molecular complexity index is 550. The number of hydrogen-bond acceptors (Lipinski definition) is 2. The molecule has 4 saturated carbocycles. The van der Waals surface area contributed by atoms with Crippen LogP contribution in [0.15, 0.2) is 24.8 Å². The Morgan fingerprint density at radius 1 is 1.38 bits per heavy atom. The summed E-state index contributed by atoms with van der Waals surface area (Å²) in [6.45, 7) is 6.16. The van der Waals surface area contributed by atoms with Crippen molar-refractivity contribution in [3.8, 4) is 0 Å². The lowest BCUT2D eigenvalue weighted by Crippen LogP contribution is -2.36. The summed E-state index contributed by atoms with van der Waals surface area (Å²) in [6, 6.07) is 0. The van der Waals surface area contributed by atoms with Gasteiger partial charge in [0, 0.05) is 5.92 Å². The number of ketones is 1. The largest absolute Gasteiger partial charge is 0.388 e. The Morgan fingerprint density at radius 3 is 2.96 bits per heavy atom. The van der Waals surface area contributed by atoms with E-state index in [1.54, 1.807) is 0 Å². The average molecular weight is 328 g/mol. The molecule has 4 fully saturated rings. The van der Waals surface area contributed by atoms with Crippen LogP contribution < -0.4 is 0 Å². The number of unbranched alkanes of at least 4 members (excludes halogenated alkanes) is 3. The molecule has 0 radical (unpaired) electrons. The maximum atomic E-state index is 13.1. The molecule has 2 nitrogen and oxygen atoms in total. The third-order valence-electron chi connectivity index (χ3n) is 7.86. The van der Waals surface area contributed by atoms with Crippen LogP contribution in [0, 0.1) is 40.9 Å². The van der Waals surface area contributed by atoms with Gasteiger partial charge in [-0.2, -0.15) is 0 Å². The quantitative estimate of drug-likeness (QED) is 0.525. The monoisotopic (exact) mass is 328 g/mol. The molecule has 132 valence electrons. The van der Waals surface area contributed by atoms with E-state index < -0.39 is 6.10 Å². The molecule has 0 aliphatic heterocycles. The first-order chi connectivity index (χ1) is 11.7. The second-order valence-corrected chi connectivity index (χ2v) is 8.75. The first kappa shape index (κ1) is 16.6. The minimum atomic E-state index is -0.592. The van der Waals surface area contributed by atoms with E-state index in [1.807, 2.05) is 12.2 Å². The van der Waals surface area contributed by atoms with E-state index in [-0.39, 0.29) is 17.3 Å². The molecule has 0 amide bonds. The third-order valence-corrected chi connectivity index (χ3v) is 7.86. The van der Waals surface area contributed by atoms with Gasteiger partial charge in [-0.1, -0.05) is 38.0 Å². The smallest absolute Gasteiger partial charge is 0.143 e. The fourth-order valence-electron chi connectivity index (χ4n) is 7.18. The highest BCUT2D eigenvalue weighted by Gasteiger charge is 2.85. The molecule has 2 heteroatoms. The maximum absolute atomic E-state index is 13.1. The van der Waals surface area contributed by atoms with E-state index in [9.17, 15) is 9.90 Å². The number of hydrogen-bond donors (Lipinski definition) is 1. The number of aliphatic hydroxyl groups excluding tert-OH is 1. The van der Waals surface area contributed by atoms with E-state index in [0.717, 1.165) is 24.7 Å². The molecule has 2 bridgehead atoms. The molecule has 24 heavy (non-hydrogen) atoms. The van der Waals surface area contributed by atoms with Crippen LogP contribution in [0.5, 0.6) is 0 Å². The predicted molar refractivity (Wildman–Crippen MR) is 96.3 cm³/mol. The normalized spacial score (nSPS) is 46.3. The van der Waals surface area contributed by atoms with Crippen molar-refractivity contribution in [1.29, 1.82) is 0 Å². The maximum Gasteiger partial charge on any atom is 0.143 e. The van der Waals surface area contributed by atoms with E-state index in [4.69, 9.17) is 0 Å². The highest BCUT2D eigenvalue weighted by atomic mass is 16.3. The Morgan fingerprint density at radius 2 is 2.21 bits per heavy atom. The summed E-state index contributed by atoms with van der Waals surface area (Å²) < 4.78 is 0. The molecule has 0 heterocycles. The van der Waals surface area contributed by atoms with Gasteiger partial charge in [0.2, 0.25) is 0 Å². The van der Waals surface area contributed by atoms with Crippen LogP contribution in [0.4, 0.5) is 0 Å². The van der Waals surface area contributed by atoms with Crippen molar-refractivity contribution >= 4 is 5.78 Å². The van der Waals surface area contributed by atoms with Gasteiger partial charge in [0.25, 0.3) is 0 Å². The van der Waals surface area contributed by atoms with Crippen LogP contribution in [0.25, 0.3) is 0 Å². The number of carbonyl (C=O) groups is 1. The van der Waals surface area contributed by atoms with Gasteiger partial charge in [-0.05, 0) is 67.6 Å². The molecule has 4 rings (SSSR count). The Kier molecular flexibility index (Phi) is 4.23. The molecule has 0 aromatic heterocycles. The van der Waals surface area contributed by atoms with Crippen molar-refractivity contribution in [2.75, 3.05) is 0 Å². The van der Waals surface area contributed by atoms with Gasteiger partial charge in [0.1, 0.15) is 5.78 Å². The van der Waals surface area contributed by atoms with Crippen molar-refractivity contribution in [3.63, 3.8) is 0 Å². The van der Waals surface area contributed by atoms with E-state index >= 15 is 0 Å². The summed E-state index contributed by atoms with van der Waals surface area (Å²) in [7, 11) is 0. The van der Waals surface area contributed by atoms with Crippen LogP contribution in [-0.2, 0) is 4.79 Å². The lowest BCUT2D eigenvalue weighted by molar-refractivity contribution is -0.126. The summed E-state index contributed by atoms with van der Waals surface area (Å²) in [5.41, 5.74) is 0.260. The van der Waals surface area contributed by atoms with Crippen molar-refractivity contribution in [3.05, 3.63) is 24.8 Å². The summed E-state index contributed by atoms with van der Waals surface area (Å²) >= 11 is 0. The second kappa shape index (κ2) is 6.12. The number of rotatable bonds is 8. The van der Waals surface area contributed by atoms with Crippen LogP contribution in [0.3, 0.4) is 0 Å². The standard InChI is InChI=1S/C22H32O2/c1-3-5-6-7-8-10-17(23)18-16(9-4-2)22-15-12-11-14(13-15)19(22)20(22)21(18)24/h4,8,10,14-20,23H,2-3,5-7,9,11-13H2,1H3/b10-8+/t14-,15?,16?,17+,18+,19-,20-,22?/m1/s1.